The molecule has 0 aliphatic carbocycles. The van der Waals surface area contributed by atoms with Crippen LogP contribution in [0.25, 0.3) is 10.9 Å². The minimum Gasteiger partial charge on any atom is -0.324 e. The van der Waals surface area contributed by atoms with Crippen LogP contribution < -0.4 is 10.6 Å². The number of hydrogen-bond donors (Lipinski definition) is 2. The summed E-state index contributed by atoms with van der Waals surface area (Å²) in [4.78, 5) is 16.5. The molecule has 1 aromatic carbocycles. The molecular formula is C15H16ClN3OS. The Balaban J connectivity index is 1.76. The molecule has 1 aromatic heterocycles. The first-order chi connectivity index (χ1) is 10.2. The van der Waals surface area contributed by atoms with Crippen molar-refractivity contribution >= 4 is 45.9 Å². The third kappa shape index (κ3) is 3.67. The number of nitrogens with one attached hydrogen (secondary N) is 2. The van der Waals surface area contributed by atoms with Crippen LogP contribution in [-0.4, -0.2) is 35.0 Å². The Labute approximate surface area is 132 Å². The molecule has 2 N–H and O–H groups in total. The molecule has 1 atom stereocenters. The van der Waals surface area contributed by atoms with Crippen LogP contribution in [0.5, 0.6) is 0 Å². The number of rotatable bonds is 3. The lowest BCUT2D eigenvalue weighted by atomic mass is 10.1. The number of amides is 1. The van der Waals surface area contributed by atoms with E-state index in [0.29, 0.717) is 17.1 Å². The van der Waals surface area contributed by atoms with Gasteiger partial charge in [0.05, 0.1) is 11.2 Å². The molecule has 1 unspecified atom stereocenters. The highest BCUT2D eigenvalue weighted by Crippen LogP contribution is 2.26. The lowest BCUT2D eigenvalue weighted by Crippen LogP contribution is -2.39. The van der Waals surface area contributed by atoms with E-state index in [4.69, 9.17) is 11.6 Å². The molecule has 21 heavy (non-hydrogen) atoms. The van der Waals surface area contributed by atoms with Gasteiger partial charge in [0, 0.05) is 47.1 Å². The van der Waals surface area contributed by atoms with Gasteiger partial charge < -0.3 is 10.6 Å². The molecule has 0 saturated carbocycles. The van der Waals surface area contributed by atoms with Gasteiger partial charge in [0.25, 0.3) is 0 Å². The number of anilines is 1. The fraction of sp³-hybridized carbons (Fsp3) is 0.333. The van der Waals surface area contributed by atoms with Crippen LogP contribution in [0.3, 0.4) is 0 Å². The van der Waals surface area contributed by atoms with E-state index < -0.39 is 0 Å². The number of carbonyl (C=O) groups is 1. The van der Waals surface area contributed by atoms with Crippen LogP contribution in [-0.2, 0) is 4.79 Å². The zero-order valence-corrected chi connectivity index (χ0v) is 13.0. The van der Waals surface area contributed by atoms with Gasteiger partial charge in [0.2, 0.25) is 5.91 Å². The summed E-state index contributed by atoms with van der Waals surface area (Å²) < 4.78 is 0. The van der Waals surface area contributed by atoms with Crippen molar-refractivity contribution in [2.75, 3.05) is 23.4 Å². The number of benzene rings is 1. The minimum absolute atomic E-state index is 0.00998. The van der Waals surface area contributed by atoms with Crippen molar-refractivity contribution in [2.24, 2.45) is 0 Å². The Morgan fingerprint density at radius 3 is 3.24 bits per heavy atom. The fourth-order valence-corrected chi connectivity index (χ4v) is 3.60. The standard InChI is InChI=1S/C15H16ClN3OS/c16-11-6-10-2-1-3-18-15(10)13(7-11)19-14(20)8-12-9-21-5-4-17-12/h1-3,6-7,12,17H,4-5,8-9H2,(H,19,20). The zero-order chi connectivity index (χ0) is 14.7. The van der Waals surface area contributed by atoms with Gasteiger partial charge in [0.1, 0.15) is 0 Å². The predicted octanol–water partition coefficient (Wildman–Crippen LogP) is 2.92. The molecule has 1 aliphatic rings. The number of fused-ring (bicyclic) bond motifs is 1. The fourth-order valence-electron chi connectivity index (χ4n) is 2.43. The van der Waals surface area contributed by atoms with Crippen LogP contribution in [0, 0.1) is 0 Å². The second kappa shape index (κ2) is 6.64. The Hall–Kier alpha value is -1.30. The summed E-state index contributed by atoms with van der Waals surface area (Å²) in [7, 11) is 0. The minimum atomic E-state index is -0.00998. The van der Waals surface area contributed by atoms with Gasteiger partial charge in [-0.05, 0) is 18.2 Å². The van der Waals surface area contributed by atoms with E-state index in [-0.39, 0.29) is 11.9 Å². The maximum absolute atomic E-state index is 12.2. The average molecular weight is 322 g/mol. The van der Waals surface area contributed by atoms with E-state index in [1.807, 2.05) is 30.0 Å². The first-order valence-electron chi connectivity index (χ1n) is 6.87. The third-order valence-corrected chi connectivity index (χ3v) is 4.72. The Morgan fingerprint density at radius 1 is 1.52 bits per heavy atom. The maximum atomic E-state index is 12.2. The van der Waals surface area contributed by atoms with Crippen molar-refractivity contribution in [1.29, 1.82) is 0 Å². The molecule has 1 amide bonds. The molecule has 110 valence electrons. The first kappa shape index (κ1) is 14.6. The monoisotopic (exact) mass is 321 g/mol. The molecule has 4 nitrogen and oxygen atoms in total. The highest BCUT2D eigenvalue weighted by atomic mass is 35.5. The van der Waals surface area contributed by atoms with Gasteiger partial charge in [0.15, 0.2) is 0 Å². The summed E-state index contributed by atoms with van der Waals surface area (Å²) in [5, 5.41) is 7.82. The number of halogens is 1. The van der Waals surface area contributed by atoms with E-state index in [1.165, 1.54) is 0 Å². The molecule has 2 heterocycles. The Bertz CT molecular complexity index is 658. The molecule has 0 bridgehead atoms. The maximum Gasteiger partial charge on any atom is 0.226 e. The number of carbonyl (C=O) groups excluding carboxylic acids is 1. The van der Waals surface area contributed by atoms with Crippen molar-refractivity contribution in [3.05, 3.63) is 35.5 Å². The lowest BCUT2D eigenvalue weighted by molar-refractivity contribution is -0.116. The largest absolute Gasteiger partial charge is 0.324 e. The van der Waals surface area contributed by atoms with Gasteiger partial charge in [-0.1, -0.05) is 17.7 Å². The molecule has 1 saturated heterocycles. The van der Waals surface area contributed by atoms with Gasteiger partial charge in [-0.15, -0.1) is 0 Å². The highest BCUT2D eigenvalue weighted by molar-refractivity contribution is 7.99. The SMILES string of the molecule is O=C(CC1CSCCN1)Nc1cc(Cl)cc2cccnc12. The summed E-state index contributed by atoms with van der Waals surface area (Å²) in [5.41, 5.74) is 1.44. The molecule has 6 heteroatoms. The second-order valence-electron chi connectivity index (χ2n) is 5.01. The smallest absolute Gasteiger partial charge is 0.226 e. The van der Waals surface area contributed by atoms with Gasteiger partial charge in [-0.2, -0.15) is 11.8 Å². The van der Waals surface area contributed by atoms with E-state index in [9.17, 15) is 4.79 Å². The topological polar surface area (TPSA) is 54.0 Å². The van der Waals surface area contributed by atoms with E-state index in [0.717, 1.165) is 29.0 Å². The van der Waals surface area contributed by atoms with Crippen LogP contribution in [0.4, 0.5) is 5.69 Å². The number of thioether (sulfide) groups is 1. The van der Waals surface area contributed by atoms with Crippen LogP contribution in [0.1, 0.15) is 6.42 Å². The molecule has 0 spiro atoms. The van der Waals surface area contributed by atoms with Crippen LogP contribution in [0.15, 0.2) is 30.5 Å². The van der Waals surface area contributed by atoms with Crippen molar-refractivity contribution < 1.29 is 4.79 Å². The van der Waals surface area contributed by atoms with E-state index >= 15 is 0 Å². The van der Waals surface area contributed by atoms with Crippen molar-refractivity contribution in [1.82, 2.24) is 10.3 Å². The molecule has 1 aliphatic heterocycles. The summed E-state index contributed by atoms with van der Waals surface area (Å²) in [5.74, 6) is 2.08. The molecular weight excluding hydrogens is 306 g/mol. The van der Waals surface area contributed by atoms with Crippen molar-refractivity contribution in [3.8, 4) is 0 Å². The van der Waals surface area contributed by atoms with E-state index in [2.05, 4.69) is 15.6 Å². The van der Waals surface area contributed by atoms with Crippen LogP contribution >= 0.6 is 23.4 Å². The van der Waals surface area contributed by atoms with Crippen LogP contribution in [0.2, 0.25) is 5.02 Å². The Morgan fingerprint density at radius 2 is 2.43 bits per heavy atom. The zero-order valence-electron chi connectivity index (χ0n) is 11.4. The number of aromatic nitrogens is 1. The second-order valence-corrected chi connectivity index (χ2v) is 6.59. The third-order valence-electron chi connectivity index (χ3n) is 3.37. The van der Waals surface area contributed by atoms with Crippen molar-refractivity contribution in [3.63, 3.8) is 0 Å². The van der Waals surface area contributed by atoms with E-state index in [1.54, 1.807) is 12.3 Å². The normalized spacial score (nSPS) is 18.6. The highest BCUT2D eigenvalue weighted by Gasteiger charge is 2.17. The lowest BCUT2D eigenvalue weighted by Gasteiger charge is -2.22. The average Bonchev–Trinajstić information content (AvgIpc) is 2.48. The van der Waals surface area contributed by atoms with Gasteiger partial charge in [-0.25, -0.2) is 0 Å². The molecule has 2 aromatic rings. The van der Waals surface area contributed by atoms with Gasteiger partial charge >= 0.3 is 0 Å². The number of pyridine rings is 1. The molecule has 0 radical (unpaired) electrons. The molecule has 1 fully saturated rings. The Kier molecular flexibility index (Phi) is 4.63. The summed E-state index contributed by atoms with van der Waals surface area (Å²) >= 11 is 7.98. The van der Waals surface area contributed by atoms with Crippen molar-refractivity contribution in [2.45, 2.75) is 12.5 Å². The summed E-state index contributed by atoms with van der Waals surface area (Å²) in [6, 6.07) is 7.62. The summed E-state index contributed by atoms with van der Waals surface area (Å²) in [6.45, 7) is 0.963. The van der Waals surface area contributed by atoms with Gasteiger partial charge in [-0.3, -0.25) is 9.78 Å². The number of hydrogen-bond acceptors (Lipinski definition) is 4. The quantitative estimate of drug-likeness (QED) is 0.912. The number of nitrogens with zero attached hydrogens (tertiary/aromatic N) is 1. The predicted molar refractivity (Wildman–Crippen MR) is 89.1 cm³/mol. The summed E-state index contributed by atoms with van der Waals surface area (Å²) in [6.07, 6.45) is 2.18. The molecule has 3 rings (SSSR count). The first-order valence-corrected chi connectivity index (χ1v) is 8.41.